The molecule has 0 aliphatic heterocycles. The van der Waals surface area contributed by atoms with E-state index in [0.29, 0.717) is 11.6 Å². The van der Waals surface area contributed by atoms with Gasteiger partial charge < -0.3 is 5.73 Å². The molecule has 0 saturated heterocycles. The Balaban J connectivity index is 2.59. The zero-order valence-corrected chi connectivity index (χ0v) is 9.65. The second-order valence-corrected chi connectivity index (χ2v) is 3.75. The van der Waals surface area contributed by atoms with Crippen molar-refractivity contribution < 1.29 is 13.2 Å². The smallest absolute Gasteiger partial charge is 0.384 e. The topological polar surface area (TPSA) is 69.6 Å². The number of aromatic nitrogens is 4. The Morgan fingerprint density at radius 2 is 1.83 bits per heavy atom. The van der Waals surface area contributed by atoms with E-state index in [4.69, 9.17) is 5.73 Å². The molecule has 2 rings (SSSR count). The predicted octanol–water partition coefficient (Wildman–Crippen LogP) is 1.88. The van der Waals surface area contributed by atoms with Gasteiger partial charge in [-0.25, -0.2) is 9.97 Å². The zero-order valence-electron chi connectivity index (χ0n) is 9.65. The lowest BCUT2D eigenvalue weighted by Crippen LogP contribution is -2.11. The van der Waals surface area contributed by atoms with Crippen molar-refractivity contribution in [1.82, 2.24) is 19.7 Å². The van der Waals surface area contributed by atoms with E-state index < -0.39 is 11.7 Å². The highest BCUT2D eigenvalue weighted by Crippen LogP contribution is 2.31. The van der Waals surface area contributed by atoms with Gasteiger partial charge in [0, 0.05) is 0 Å². The Labute approximate surface area is 100 Å². The van der Waals surface area contributed by atoms with Crippen LogP contribution in [-0.4, -0.2) is 19.7 Å². The molecule has 0 aromatic carbocycles. The number of nitrogen functional groups attached to an aromatic ring is 1. The van der Waals surface area contributed by atoms with Crippen LogP contribution in [0.2, 0.25) is 0 Å². The van der Waals surface area contributed by atoms with Gasteiger partial charge in [0.05, 0.1) is 5.56 Å². The summed E-state index contributed by atoms with van der Waals surface area (Å²) >= 11 is 0. The van der Waals surface area contributed by atoms with Gasteiger partial charge in [-0.3, -0.25) is 0 Å². The number of rotatable bonds is 1. The van der Waals surface area contributed by atoms with Crippen LogP contribution in [0.4, 0.5) is 19.0 Å². The largest absolute Gasteiger partial charge is 0.416 e. The van der Waals surface area contributed by atoms with E-state index in [1.807, 2.05) is 0 Å². The molecule has 2 heterocycles. The van der Waals surface area contributed by atoms with Crippen molar-refractivity contribution in [2.45, 2.75) is 20.0 Å². The SMILES string of the molecule is Cc1nc(C)n(-c2cc(C(F)(F)F)cc(N)n2)n1. The molecule has 0 saturated carbocycles. The minimum absolute atomic E-state index is 0.000394. The summed E-state index contributed by atoms with van der Waals surface area (Å²) in [5, 5.41) is 3.96. The Morgan fingerprint density at radius 3 is 2.33 bits per heavy atom. The number of anilines is 1. The Hall–Kier alpha value is -2.12. The van der Waals surface area contributed by atoms with Gasteiger partial charge >= 0.3 is 6.18 Å². The maximum absolute atomic E-state index is 12.6. The van der Waals surface area contributed by atoms with Crippen LogP contribution in [0.3, 0.4) is 0 Å². The third kappa shape index (κ3) is 2.27. The molecular weight excluding hydrogens is 247 g/mol. The Kier molecular flexibility index (Phi) is 2.72. The van der Waals surface area contributed by atoms with Crippen LogP contribution in [0.25, 0.3) is 5.82 Å². The molecule has 0 radical (unpaired) electrons. The van der Waals surface area contributed by atoms with Crippen molar-refractivity contribution in [3.05, 3.63) is 29.3 Å². The average Bonchev–Trinajstić information content (AvgIpc) is 2.55. The van der Waals surface area contributed by atoms with Crippen molar-refractivity contribution in [3.8, 4) is 5.82 Å². The van der Waals surface area contributed by atoms with Gasteiger partial charge in [-0.2, -0.15) is 17.9 Å². The lowest BCUT2D eigenvalue weighted by molar-refractivity contribution is -0.137. The van der Waals surface area contributed by atoms with Gasteiger partial charge in [-0.1, -0.05) is 0 Å². The van der Waals surface area contributed by atoms with Gasteiger partial charge in [-0.15, -0.1) is 5.10 Å². The fourth-order valence-corrected chi connectivity index (χ4v) is 1.55. The molecule has 0 aliphatic rings. The number of pyridine rings is 1. The summed E-state index contributed by atoms with van der Waals surface area (Å²) in [5.41, 5.74) is 4.51. The highest BCUT2D eigenvalue weighted by molar-refractivity contribution is 5.41. The fraction of sp³-hybridized carbons (Fsp3) is 0.300. The highest BCUT2D eigenvalue weighted by atomic mass is 19.4. The number of hydrogen-bond donors (Lipinski definition) is 1. The molecule has 18 heavy (non-hydrogen) atoms. The van der Waals surface area contributed by atoms with Crippen LogP contribution < -0.4 is 5.73 Å². The normalized spacial score (nSPS) is 11.8. The molecular formula is C10H10F3N5. The van der Waals surface area contributed by atoms with Gasteiger partial charge in [0.25, 0.3) is 0 Å². The molecule has 2 aromatic rings. The number of halogens is 3. The predicted molar refractivity (Wildman–Crippen MR) is 58.0 cm³/mol. The summed E-state index contributed by atoms with van der Waals surface area (Å²) in [6.07, 6.45) is -4.48. The molecule has 2 aromatic heterocycles. The first-order chi connectivity index (χ1) is 8.27. The quantitative estimate of drug-likeness (QED) is 0.846. The van der Waals surface area contributed by atoms with Gasteiger partial charge in [0.1, 0.15) is 17.5 Å². The van der Waals surface area contributed by atoms with E-state index in [0.717, 1.165) is 12.1 Å². The number of aryl methyl sites for hydroxylation is 2. The molecule has 2 N–H and O–H groups in total. The van der Waals surface area contributed by atoms with Gasteiger partial charge in [-0.05, 0) is 26.0 Å². The van der Waals surface area contributed by atoms with E-state index in [-0.39, 0.29) is 11.6 Å². The molecule has 96 valence electrons. The second-order valence-electron chi connectivity index (χ2n) is 3.75. The summed E-state index contributed by atoms with van der Waals surface area (Å²) in [7, 11) is 0. The first kappa shape index (κ1) is 12.3. The molecule has 8 heteroatoms. The first-order valence-corrected chi connectivity index (χ1v) is 5.03. The lowest BCUT2D eigenvalue weighted by atomic mass is 10.2. The number of hydrogen-bond acceptors (Lipinski definition) is 4. The van der Waals surface area contributed by atoms with Crippen molar-refractivity contribution in [2.24, 2.45) is 0 Å². The van der Waals surface area contributed by atoms with Crippen molar-refractivity contribution in [3.63, 3.8) is 0 Å². The van der Waals surface area contributed by atoms with Crippen LogP contribution in [0.5, 0.6) is 0 Å². The molecule has 0 aliphatic carbocycles. The third-order valence-electron chi connectivity index (χ3n) is 2.25. The molecule has 0 bridgehead atoms. The third-order valence-corrected chi connectivity index (χ3v) is 2.25. The zero-order chi connectivity index (χ0) is 13.5. The minimum Gasteiger partial charge on any atom is -0.384 e. The molecule has 0 spiro atoms. The average molecular weight is 257 g/mol. The maximum Gasteiger partial charge on any atom is 0.416 e. The van der Waals surface area contributed by atoms with Crippen LogP contribution in [0.1, 0.15) is 17.2 Å². The summed E-state index contributed by atoms with van der Waals surface area (Å²) < 4.78 is 39.1. The molecule has 0 amide bonds. The van der Waals surface area contributed by atoms with E-state index in [1.54, 1.807) is 13.8 Å². The van der Waals surface area contributed by atoms with Crippen LogP contribution in [0.15, 0.2) is 12.1 Å². The van der Waals surface area contributed by atoms with Crippen molar-refractivity contribution in [1.29, 1.82) is 0 Å². The monoisotopic (exact) mass is 257 g/mol. The number of nitrogens with two attached hydrogens (primary N) is 1. The molecule has 0 fully saturated rings. The van der Waals surface area contributed by atoms with E-state index in [2.05, 4.69) is 15.1 Å². The summed E-state index contributed by atoms with van der Waals surface area (Å²) in [6.45, 7) is 3.26. The van der Waals surface area contributed by atoms with Crippen molar-refractivity contribution >= 4 is 5.82 Å². The summed E-state index contributed by atoms with van der Waals surface area (Å²) in [5.74, 6) is 0.678. The van der Waals surface area contributed by atoms with Gasteiger partial charge in [0.15, 0.2) is 5.82 Å². The lowest BCUT2D eigenvalue weighted by Gasteiger charge is -2.10. The van der Waals surface area contributed by atoms with Crippen molar-refractivity contribution in [2.75, 3.05) is 5.73 Å². The number of alkyl halides is 3. The van der Waals surface area contributed by atoms with Crippen LogP contribution in [-0.2, 0) is 6.18 Å². The summed E-state index contributed by atoms with van der Waals surface area (Å²) in [4.78, 5) is 7.83. The van der Waals surface area contributed by atoms with E-state index in [1.165, 1.54) is 4.68 Å². The summed E-state index contributed by atoms with van der Waals surface area (Å²) in [6, 6.07) is 1.67. The standard InChI is InChI=1S/C10H10F3N5/c1-5-15-6(2)18(17-5)9-4-7(10(11,12)13)3-8(14)16-9/h3-4H,1-2H3,(H2,14,16). The molecule has 0 atom stereocenters. The Morgan fingerprint density at radius 1 is 1.17 bits per heavy atom. The maximum atomic E-state index is 12.6. The number of nitrogens with zero attached hydrogens (tertiary/aromatic N) is 4. The second kappa shape index (κ2) is 3.97. The van der Waals surface area contributed by atoms with Crippen LogP contribution in [0, 0.1) is 13.8 Å². The molecule has 0 unspecified atom stereocenters. The highest BCUT2D eigenvalue weighted by Gasteiger charge is 2.31. The first-order valence-electron chi connectivity index (χ1n) is 5.03. The van der Waals surface area contributed by atoms with Crippen LogP contribution >= 0.6 is 0 Å². The van der Waals surface area contributed by atoms with E-state index >= 15 is 0 Å². The fourth-order valence-electron chi connectivity index (χ4n) is 1.55. The van der Waals surface area contributed by atoms with E-state index in [9.17, 15) is 13.2 Å². The Bertz CT molecular complexity index is 588. The van der Waals surface area contributed by atoms with Gasteiger partial charge in [0.2, 0.25) is 0 Å². The minimum atomic E-state index is -4.48. The molecule has 5 nitrogen and oxygen atoms in total.